The molecule has 0 aromatic carbocycles. The maximum atomic E-state index is 11.9. The maximum Gasteiger partial charge on any atom is 0.144 e. The van der Waals surface area contributed by atoms with E-state index in [0.717, 1.165) is 18.6 Å². The number of Topliss-reactive ketones (excluding diaryl/α,β-unsaturated/α-hetero) is 1. The Morgan fingerprint density at radius 3 is 2.93 bits per heavy atom. The van der Waals surface area contributed by atoms with Crippen molar-refractivity contribution < 1.29 is 4.79 Å². The van der Waals surface area contributed by atoms with Crippen LogP contribution < -0.4 is 5.43 Å². The first kappa shape index (κ1) is 9.69. The lowest BCUT2D eigenvalue weighted by atomic mass is 9.68. The van der Waals surface area contributed by atoms with Crippen LogP contribution in [0.25, 0.3) is 0 Å². The summed E-state index contributed by atoms with van der Waals surface area (Å²) in [6.07, 6.45) is 2.64. The SMILES string of the molecule is CCC1=NN[C@H]2CC(C)(C)CC(=O)[C@H]12. The predicted molar refractivity (Wildman–Crippen MR) is 56.2 cm³/mol. The van der Waals surface area contributed by atoms with Gasteiger partial charge < -0.3 is 5.43 Å². The molecule has 1 aliphatic heterocycles. The molecule has 0 unspecified atom stereocenters. The van der Waals surface area contributed by atoms with Crippen molar-refractivity contribution in [2.24, 2.45) is 16.4 Å². The maximum absolute atomic E-state index is 11.9. The number of fused-ring (bicyclic) bond motifs is 1. The van der Waals surface area contributed by atoms with Crippen LogP contribution in [-0.2, 0) is 4.79 Å². The topological polar surface area (TPSA) is 41.5 Å². The van der Waals surface area contributed by atoms with Crippen molar-refractivity contribution in [3.63, 3.8) is 0 Å². The molecule has 3 nitrogen and oxygen atoms in total. The van der Waals surface area contributed by atoms with E-state index in [1.54, 1.807) is 0 Å². The summed E-state index contributed by atoms with van der Waals surface area (Å²) in [7, 11) is 0. The van der Waals surface area contributed by atoms with E-state index < -0.39 is 0 Å². The summed E-state index contributed by atoms with van der Waals surface area (Å²) in [5.41, 5.74) is 4.31. The van der Waals surface area contributed by atoms with Gasteiger partial charge in [0.05, 0.1) is 17.7 Å². The summed E-state index contributed by atoms with van der Waals surface area (Å²) in [5, 5.41) is 4.26. The Hall–Kier alpha value is -0.860. The molecule has 1 N–H and O–H groups in total. The minimum absolute atomic E-state index is 0.0769. The third-order valence-corrected chi connectivity index (χ3v) is 3.27. The zero-order chi connectivity index (χ0) is 10.3. The van der Waals surface area contributed by atoms with E-state index in [9.17, 15) is 4.79 Å². The molecule has 1 heterocycles. The van der Waals surface area contributed by atoms with Crippen LogP contribution in [0.2, 0.25) is 0 Å². The van der Waals surface area contributed by atoms with Crippen molar-refractivity contribution in [1.82, 2.24) is 5.43 Å². The molecule has 1 aliphatic carbocycles. The Kier molecular flexibility index (Phi) is 2.13. The van der Waals surface area contributed by atoms with Crippen molar-refractivity contribution in [1.29, 1.82) is 0 Å². The monoisotopic (exact) mass is 194 g/mol. The van der Waals surface area contributed by atoms with Gasteiger partial charge >= 0.3 is 0 Å². The van der Waals surface area contributed by atoms with Gasteiger partial charge in [-0.2, -0.15) is 5.10 Å². The van der Waals surface area contributed by atoms with Gasteiger partial charge in [-0.15, -0.1) is 0 Å². The summed E-state index contributed by atoms with van der Waals surface area (Å²) < 4.78 is 0. The predicted octanol–water partition coefficient (Wildman–Crippen LogP) is 1.73. The van der Waals surface area contributed by atoms with Crippen LogP contribution in [0, 0.1) is 11.3 Å². The van der Waals surface area contributed by atoms with Crippen molar-refractivity contribution in [2.75, 3.05) is 0 Å². The van der Waals surface area contributed by atoms with E-state index in [0.29, 0.717) is 12.2 Å². The Balaban J connectivity index is 2.20. The Bertz CT molecular complexity index is 294. The minimum atomic E-state index is 0.0769. The molecule has 1 fully saturated rings. The van der Waals surface area contributed by atoms with Gasteiger partial charge in [0, 0.05) is 6.42 Å². The van der Waals surface area contributed by atoms with Crippen molar-refractivity contribution >= 4 is 11.5 Å². The summed E-state index contributed by atoms with van der Waals surface area (Å²) in [4.78, 5) is 11.9. The zero-order valence-electron chi connectivity index (χ0n) is 9.13. The second kappa shape index (κ2) is 3.07. The van der Waals surface area contributed by atoms with Gasteiger partial charge in [0.1, 0.15) is 5.78 Å². The van der Waals surface area contributed by atoms with E-state index in [1.165, 1.54) is 0 Å². The highest BCUT2D eigenvalue weighted by atomic mass is 16.1. The van der Waals surface area contributed by atoms with Gasteiger partial charge in [-0.1, -0.05) is 20.8 Å². The molecule has 0 bridgehead atoms. The second-order valence-electron chi connectivity index (χ2n) is 5.18. The average Bonchev–Trinajstić information content (AvgIpc) is 2.44. The van der Waals surface area contributed by atoms with Gasteiger partial charge in [-0.05, 0) is 18.3 Å². The van der Waals surface area contributed by atoms with Crippen molar-refractivity contribution in [3.8, 4) is 0 Å². The second-order valence-corrected chi connectivity index (χ2v) is 5.18. The van der Waals surface area contributed by atoms with E-state index in [-0.39, 0.29) is 17.4 Å². The first-order chi connectivity index (χ1) is 6.53. The number of carbonyl (C=O) groups is 1. The van der Waals surface area contributed by atoms with Crippen LogP contribution in [0.1, 0.15) is 40.0 Å². The highest BCUT2D eigenvalue weighted by molar-refractivity contribution is 6.07. The number of rotatable bonds is 1. The molecule has 14 heavy (non-hydrogen) atoms. The van der Waals surface area contributed by atoms with Crippen LogP contribution >= 0.6 is 0 Å². The fourth-order valence-corrected chi connectivity index (χ4v) is 2.66. The van der Waals surface area contributed by atoms with E-state index in [4.69, 9.17) is 0 Å². The number of hydrazone groups is 1. The Labute approximate surface area is 85.0 Å². The van der Waals surface area contributed by atoms with Crippen LogP contribution in [0.3, 0.4) is 0 Å². The minimum Gasteiger partial charge on any atom is -0.306 e. The molecule has 0 spiro atoms. The first-order valence-corrected chi connectivity index (χ1v) is 5.38. The summed E-state index contributed by atoms with van der Waals surface area (Å²) in [5.74, 6) is 0.449. The largest absolute Gasteiger partial charge is 0.306 e. The smallest absolute Gasteiger partial charge is 0.144 e. The van der Waals surface area contributed by atoms with Crippen molar-refractivity contribution in [2.45, 2.75) is 46.1 Å². The molecule has 2 aliphatic rings. The summed E-state index contributed by atoms with van der Waals surface area (Å²) in [6.45, 7) is 6.38. The number of nitrogens with one attached hydrogen (secondary N) is 1. The van der Waals surface area contributed by atoms with Gasteiger partial charge in [-0.3, -0.25) is 4.79 Å². The Morgan fingerprint density at radius 2 is 2.29 bits per heavy atom. The molecule has 0 aromatic rings. The molecular weight excluding hydrogens is 176 g/mol. The summed E-state index contributed by atoms with van der Waals surface area (Å²) in [6, 6.07) is 0.265. The van der Waals surface area contributed by atoms with Gasteiger partial charge in [0.2, 0.25) is 0 Å². The third-order valence-electron chi connectivity index (χ3n) is 3.27. The summed E-state index contributed by atoms with van der Waals surface area (Å²) >= 11 is 0. The Morgan fingerprint density at radius 1 is 1.57 bits per heavy atom. The number of hydrogen-bond donors (Lipinski definition) is 1. The third kappa shape index (κ3) is 1.45. The van der Waals surface area contributed by atoms with E-state index >= 15 is 0 Å². The van der Waals surface area contributed by atoms with Crippen LogP contribution in [0.4, 0.5) is 0 Å². The lowest BCUT2D eigenvalue weighted by molar-refractivity contribution is -0.126. The standard InChI is InChI=1S/C11H18N2O/c1-4-7-10-8(13-12-7)5-11(2,3)6-9(10)14/h8,10,13H,4-6H2,1-3H3/t8-,10+/m0/s1. The molecule has 0 aromatic heterocycles. The average molecular weight is 194 g/mol. The van der Waals surface area contributed by atoms with Crippen LogP contribution in [-0.4, -0.2) is 17.5 Å². The molecule has 0 radical (unpaired) electrons. The fourth-order valence-electron chi connectivity index (χ4n) is 2.66. The number of hydrogen-bond acceptors (Lipinski definition) is 3. The highest BCUT2D eigenvalue weighted by Gasteiger charge is 2.44. The number of ketones is 1. The number of nitrogens with zero attached hydrogens (tertiary/aromatic N) is 1. The van der Waals surface area contributed by atoms with E-state index in [1.807, 2.05) is 0 Å². The van der Waals surface area contributed by atoms with Crippen molar-refractivity contribution in [3.05, 3.63) is 0 Å². The molecule has 0 amide bonds. The zero-order valence-corrected chi connectivity index (χ0v) is 9.13. The van der Waals surface area contributed by atoms with Gasteiger partial charge in [0.25, 0.3) is 0 Å². The number of carbonyl (C=O) groups excluding carboxylic acids is 1. The van der Waals surface area contributed by atoms with Crippen LogP contribution in [0.5, 0.6) is 0 Å². The van der Waals surface area contributed by atoms with Gasteiger partial charge in [-0.25, -0.2) is 0 Å². The normalized spacial score (nSPS) is 34.8. The quantitative estimate of drug-likeness (QED) is 0.690. The highest BCUT2D eigenvalue weighted by Crippen LogP contribution is 2.38. The molecule has 0 saturated heterocycles. The molecule has 78 valence electrons. The van der Waals surface area contributed by atoms with E-state index in [2.05, 4.69) is 31.3 Å². The molecular formula is C11H18N2O. The fraction of sp³-hybridized carbons (Fsp3) is 0.818. The van der Waals surface area contributed by atoms with Crippen LogP contribution in [0.15, 0.2) is 5.10 Å². The molecule has 2 rings (SSSR count). The molecule has 3 heteroatoms. The first-order valence-electron chi connectivity index (χ1n) is 5.38. The molecule has 1 saturated carbocycles. The lowest BCUT2D eigenvalue weighted by Crippen LogP contribution is -2.45. The lowest BCUT2D eigenvalue weighted by Gasteiger charge is -2.36. The van der Waals surface area contributed by atoms with Gasteiger partial charge in [0.15, 0.2) is 0 Å². The molecule has 2 atom stereocenters.